The summed E-state index contributed by atoms with van der Waals surface area (Å²) in [6.45, 7) is 9.11. The fraction of sp³-hybridized carbons (Fsp3) is 0.739. The molecule has 1 aromatic rings. The first-order chi connectivity index (χ1) is 12.4. The van der Waals surface area contributed by atoms with E-state index in [0.717, 1.165) is 51.6 Å². The van der Waals surface area contributed by atoms with Gasteiger partial charge in [-0.1, -0.05) is 45.2 Å². The van der Waals surface area contributed by atoms with Gasteiger partial charge in [0.1, 0.15) is 5.67 Å². The van der Waals surface area contributed by atoms with Crippen LogP contribution in [0.1, 0.15) is 75.8 Å². The molecule has 0 aliphatic carbocycles. The van der Waals surface area contributed by atoms with Crippen molar-refractivity contribution >= 4 is 5.69 Å². The molecule has 3 heteroatoms. The molecule has 0 radical (unpaired) electrons. The third-order valence-corrected chi connectivity index (χ3v) is 5.96. The average molecular weight is 363 g/mol. The largest absolute Gasteiger partial charge is 0.377 e. The fourth-order valence-electron chi connectivity index (χ4n) is 4.41. The van der Waals surface area contributed by atoms with Crippen molar-refractivity contribution in [3.8, 4) is 0 Å². The zero-order valence-electron chi connectivity index (χ0n) is 17.7. The Morgan fingerprint density at radius 2 is 1.81 bits per heavy atom. The van der Waals surface area contributed by atoms with Crippen LogP contribution in [-0.2, 0) is 0 Å². The van der Waals surface area contributed by atoms with Gasteiger partial charge in [-0.05, 0) is 68.8 Å². The highest BCUT2D eigenvalue weighted by Crippen LogP contribution is 2.33. The number of aryl methyl sites for hydroxylation is 1. The molecule has 2 nitrogen and oxygen atoms in total. The van der Waals surface area contributed by atoms with Crippen LogP contribution in [0.15, 0.2) is 18.2 Å². The van der Waals surface area contributed by atoms with E-state index in [1.54, 1.807) is 0 Å². The maximum Gasteiger partial charge on any atom is 0.123 e. The van der Waals surface area contributed by atoms with Crippen molar-refractivity contribution in [1.82, 2.24) is 4.90 Å². The second-order valence-electron chi connectivity index (χ2n) is 8.50. The van der Waals surface area contributed by atoms with E-state index in [4.69, 9.17) is 0 Å². The highest BCUT2D eigenvalue weighted by molar-refractivity contribution is 5.54. The number of alkyl halides is 1. The summed E-state index contributed by atoms with van der Waals surface area (Å²) in [5, 5.41) is 0. The van der Waals surface area contributed by atoms with Crippen molar-refractivity contribution in [2.45, 2.75) is 77.3 Å². The molecule has 1 aliphatic rings. The molecule has 1 aliphatic heterocycles. The van der Waals surface area contributed by atoms with Crippen molar-refractivity contribution in [1.29, 1.82) is 0 Å². The topological polar surface area (TPSA) is 6.48 Å². The molecule has 1 fully saturated rings. The monoisotopic (exact) mass is 362 g/mol. The summed E-state index contributed by atoms with van der Waals surface area (Å²) in [5.74, 6) is 0.612. The molecule has 1 heterocycles. The van der Waals surface area contributed by atoms with Gasteiger partial charge in [-0.25, -0.2) is 4.39 Å². The summed E-state index contributed by atoms with van der Waals surface area (Å²) in [5.41, 5.74) is 3.11. The van der Waals surface area contributed by atoms with E-state index in [-0.39, 0.29) is 0 Å². The number of benzene rings is 1. The number of hydrogen-bond acceptors (Lipinski definition) is 2. The Kier molecular flexibility index (Phi) is 7.94. The summed E-state index contributed by atoms with van der Waals surface area (Å²) < 4.78 is 15.3. The summed E-state index contributed by atoms with van der Waals surface area (Å²) in [4.78, 5) is 4.58. The number of piperidine rings is 1. The summed E-state index contributed by atoms with van der Waals surface area (Å²) >= 11 is 0. The Hall–Kier alpha value is -1.09. The van der Waals surface area contributed by atoms with Gasteiger partial charge >= 0.3 is 0 Å². The van der Waals surface area contributed by atoms with Crippen LogP contribution in [0, 0.1) is 6.92 Å². The summed E-state index contributed by atoms with van der Waals surface area (Å²) in [6.07, 6.45) is 6.74. The van der Waals surface area contributed by atoms with Crippen LogP contribution < -0.4 is 4.90 Å². The molecule has 1 aromatic carbocycles. The number of anilines is 1. The van der Waals surface area contributed by atoms with Crippen molar-refractivity contribution in [2.75, 3.05) is 38.6 Å². The van der Waals surface area contributed by atoms with Crippen LogP contribution in [0.2, 0.25) is 0 Å². The molecule has 0 N–H and O–H groups in total. The van der Waals surface area contributed by atoms with E-state index in [1.165, 1.54) is 16.8 Å². The van der Waals surface area contributed by atoms with Crippen LogP contribution in [0.5, 0.6) is 0 Å². The van der Waals surface area contributed by atoms with Gasteiger partial charge in [0.15, 0.2) is 0 Å². The van der Waals surface area contributed by atoms with Gasteiger partial charge < -0.3 is 9.80 Å². The predicted molar refractivity (Wildman–Crippen MR) is 112 cm³/mol. The highest BCUT2D eigenvalue weighted by atomic mass is 19.1. The van der Waals surface area contributed by atoms with E-state index in [1.807, 2.05) is 0 Å². The van der Waals surface area contributed by atoms with Gasteiger partial charge in [0.25, 0.3) is 0 Å². The lowest BCUT2D eigenvalue weighted by Crippen LogP contribution is -2.43. The van der Waals surface area contributed by atoms with Crippen LogP contribution in [0.4, 0.5) is 10.1 Å². The minimum absolute atomic E-state index is 0.612. The first-order valence-corrected chi connectivity index (χ1v) is 10.6. The average Bonchev–Trinajstić information content (AvgIpc) is 2.61. The molecule has 148 valence electrons. The van der Waals surface area contributed by atoms with Gasteiger partial charge in [0.05, 0.1) is 0 Å². The third-order valence-electron chi connectivity index (χ3n) is 5.96. The van der Waals surface area contributed by atoms with Crippen LogP contribution in [0.3, 0.4) is 0 Å². The molecule has 0 bridgehead atoms. The summed E-state index contributed by atoms with van der Waals surface area (Å²) in [7, 11) is 4.22. The molecular weight excluding hydrogens is 323 g/mol. The molecule has 1 unspecified atom stereocenters. The minimum atomic E-state index is -0.987. The molecule has 0 aromatic heterocycles. The number of likely N-dealkylation sites (tertiary alicyclic amines) is 1. The Morgan fingerprint density at radius 3 is 2.38 bits per heavy atom. The van der Waals surface area contributed by atoms with E-state index in [0.29, 0.717) is 18.9 Å². The van der Waals surface area contributed by atoms with Gasteiger partial charge in [0, 0.05) is 26.3 Å². The van der Waals surface area contributed by atoms with Crippen molar-refractivity contribution in [2.24, 2.45) is 0 Å². The van der Waals surface area contributed by atoms with Gasteiger partial charge in [-0.15, -0.1) is 0 Å². The lowest BCUT2D eigenvalue weighted by molar-refractivity contribution is 0.0596. The lowest BCUT2D eigenvalue weighted by Gasteiger charge is -2.37. The molecule has 0 spiro atoms. The molecule has 26 heavy (non-hydrogen) atoms. The zero-order chi connectivity index (χ0) is 19.2. The van der Waals surface area contributed by atoms with Crippen LogP contribution in [0.25, 0.3) is 0 Å². The fourth-order valence-corrected chi connectivity index (χ4v) is 4.41. The van der Waals surface area contributed by atoms with Gasteiger partial charge in [-0.2, -0.15) is 0 Å². The number of rotatable bonds is 9. The Morgan fingerprint density at radius 1 is 1.12 bits per heavy atom. The van der Waals surface area contributed by atoms with E-state index in [9.17, 15) is 0 Å². The molecule has 0 saturated carbocycles. The van der Waals surface area contributed by atoms with E-state index < -0.39 is 5.67 Å². The van der Waals surface area contributed by atoms with Crippen molar-refractivity contribution in [3.63, 3.8) is 0 Å². The molecule has 2 rings (SSSR count). The number of nitrogens with zero attached hydrogens (tertiary/aromatic N) is 2. The van der Waals surface area contributed by atoms with Crippen molar-refractivity contribution in [3.05, 3.63) is 29.3 Å². The van der Waals surface area contributed by atoms with Gasteiger partial charge in [0.2, 0.25) is 0 Å². The predicted octanol–water partition coefficient (Wildman–Crippen LogP) is 5.94. The smallest absolute Gasteiger partial charge is 0.123 e. The number of halogens is 1. The first kappa shape index (κ1) is 21.2. The lowest BCUT2D eigenvalue weighted by atomic mass is 9.87. The molecule has 1 atom stereocenters. The zero-order valence-corrected chi connectivity index (χ0v) is 17.7. The Balaban J connectivity index is 1.95. The maximum absolute atomic E-state index is 15.3. The SMILES string of the molecule is CCCCC(F)(CCC)CN1CCC(c2ccc(C)c(N(C)C)c2)CC1. The summed E-state index contributed by atoms with van der Waals surface area (Å²) in [6, 6.07) is 6.89. The molecule has 1 saturated heterocycles. The number of hydrogen-bond donors (Lipinski definition) is 0. The molecule has 0 amide bonds. The normalized spacial score (nSPS) is 18.7. The van der Waals surface area contributed by atoms with Crippen molar-refractivity contribution < 1.29 is 4.39 Å². The van der Waals surface area contributed by atoms with Crippen LogP contribution in [-0.4, -0.2) is 44.3 Å². The van der Waals surface area contributed by atoms with Gasteiger partial charge in [-0.3, -0.25) is 0 Å². The molecular formula is C23H39FN2. The Bertz CT molecular complexity index is 549. The Labute approximate surface area is 160 Å². The maximum atomic E-state index is 15.3. The number of unbranched alkanes of at least 4 members (excludes halogenated alkanes) is 1. The minimum Gasteiger partial charge on any atom is -0.377 e. The second kappa shape index (κ2) is 9.73. The van der Waals surface area contributed by atoms with E-state index >= 15 is 4.39 Å². The standard InChI is InChI=1S/C23H39FN2/c1-6-8-14-23(24,13-7-2)18-26-15-11-20(12-16-26)21-10-9-19(3)22(17-21)25(4)5/h9-10,17,20H,6-8,11-16,18H2,1-5H3. The van der Waals surface area contributed by atoms with E-state index in [2.05, 4.69) is 62.9 Å². The third kappa shape index (κ3) is 5.70. The first-order valence-electron chi connectivity index (χ1n) is 10.6. The van der Waals surface area contributed by atoms with Crippen LogP contribution >= 0.6 is 0 Å². The quantitative estimate of drug-likeness (QED) is 0.536. The second-order valence-corrected chi connectivity index (χ2v) is 8.50. The highest BCUT2D eigenvalue weighted by Gasteiger charge is 2.32.